The number of alkyl halides is 1. The van der Waals surface area contributed by atoms with Gasteiger partial charge in [-0.2, -0.15) is 0 Å². The number of rotatable bonds is 6. The smallest absolute Gasteiger partial charge is 0.0257 e. The average Bonchev–Trinajstić information content (AvgIpc) is 1.98. The van der Waals surface area contributed by atoms with E-state index in [1.54, 1.807) is 0 Å². The van der Waals surface area contributed by atoms with E-state index in [2.05, 4.69) is 27.4 Å². The lowest BCUT2D eigenvalue weighted by atomic mass is 9.86. The molecule has 0 bridgehead atoms. The van der Waals surface area contributed by atoms with Crippen LogP contribution in [-0.4, -0.2) is 5.88 Å². The summed E-state index contributed by atoms with van der Waals surface area (Å²) in [4.78, 5) is 0. The molecule has 72 valence electrons. The highest BCUT2D eigenvalue weighted by Crippen LogP contribution is 2.24. The van der Waals surface area contributed by atoms with E-state index in [-0.39, 0.29) is 0 Å². The second-order valence-electron chi connectivity index (χ2n) is 4.05. The zero-order chi connectivity index (χ0) is 9.56. The molecule has 0 saturated heterocycles. The average molecular weight is 189 g/mol. The molecule has 0 aliphatic rings. The van der Waals surface area contributed by atoms with Crippen LogP contribution < -0.4 is 0 Å². The van der Waals surface area contributed by atoms with Crippen molar-refractivity contribution in [2.24, 2.45) is 17.8 Å². The molecule has 0 aromatic heterocycles. The SMILES string of the molecule is C=CCC(CCl)C(C)CC(C)C. The molecular weight excluding hydrogens is 168 g/mol. The first-order chi connectivity index (χ1) is 5.61. The zero-order valence-corrected chi connectivity index (χ0v) is 9.27. The highest BCUT2D eigenvalue weighted by Gasteiger charge is 2.15. The third-order valence-electron chi connectivity index (χ3n) is 2.32. The quantitative estimate of drug-likeness (QED) is 0.435. The maximum absolute atomic E-state index is 5.88. The van der Waals surface area contributed by atoms with E-state index in [0.717, 1.165) is 24.1 Å². The Morgan fingerprint density at radius 1 is 1.33 bits per heavy atom. The minimum absolute atomic E-state index is 0.617. The van der Waals surface area contributed by atoms with Gasteiger partial charge in [-0.3, -0.25) is 0 Å². The van der Waals surface area contributed by atoms with Crippen molar-refractivity contribution in [1.29, 1.82) is 0 Å². The summed E-state index contributed by atoms with van der Waals surface area (Å²) in [5, 5.41) is 0. The van der Waals surface area contributed by atoms with Crippen LogP contribution in [0, 0.1) is 17.8 Å². The van der Waals surface area contributed by atoms with E-state index < -0.39 is 0 Å². The normalized spacial score (nSPS) is 16.1. The largest absolute Gasteiger partial charge is 0.126 e. The first kappa shape index (κ1) is 12.0. The van der Waals surface area contributed by atoms with Gasteiger partial charge < -0.3 is 0 Å². The van der Waals surface area contributed by atoms with Gasteiger partial charge >= 0.3 is 0 Å². The molecule has 12 heavy (non-hydrogen) atoms. The third-order valence-corrected chi connectivity index (χ3v) is 2.71. The summed E-state index contributed by atoms with van der Waals surface area (Å²) in [5.74, 6) is 2.88. The van der Waals surface area contributed by atoms with Crippen LogP contribution in [0.25, 0.3) is 0 Å². The predicted molar refractivity (Wildman–Crippen MR) is 57.6 cm³/mol. The molecule has 0 saturated carbocycles. The second-order valence-corrected chi connectivity index (χ2v) is 4.35. The van der Waals surface area contributed by atoms with Gasteiger partial charge in [0.25, 0.3) is 0 Å². The molecule has 0 aromatic rings. The second kappa shape index (κ2) is 6.54. The summed E-state index contributed by atoms with van der Waals surface area (Å²) in [6.45, 7) is 10.6. The van der Waals surface area contributed by atoms with Gasteiger partial charge in [-0.15, -0.1) is 18.2 Å². The topological polar surface area (TPSA) is 0 Å². The zero-order valence-electron chi connectivity index (χ0n) is 8.52. The number of halogens is 1. The van der Waals surface area contributed by atoms with E-state index in [4.69, 9.17) is 11.6 Å². The van der Waals surface area contributed by atoms with Crippen LogP contribution in [0.1, 0.15) is 33.6 Å². The molecule has 0 aliphatic carbocycles. The lowest BCUT2D eigenvalue weighted by Gasteiger charge is -2.21. The van der Waals surface area contributed by atoms with Crippen LogP contribution >= 0.6 is 11.6 Å². The number of allylic oxidation sites excluding steroid dienone is 1. The molecule has 0 spiro atoms. The first-order valence-electron chi connectivity index (χ1n) is 4.78. The van der Waals surface area contributed by atoms with Crippen molar-refractivity contribution in [2.75, 3.05) is 5.88 Å². The molecule has 0 nitrogen and oxygen atoms in total. The van der Waals surface area contributed by atoms with Crippen LogP contribution in [0.2, 0.25) is 0 Å². The van der Waals surface area contributed by atoms with Crippen molar-refractivity contribution >= 4 is 11.6 Å². The minimum atomic E-state index is 0.617. The molecule has 1 heteroatoms. The summed E-state index contributed by atoms with van der Waals surface area (Å²) >= 11 is 5.88. The molecule has 0 fully saturated rings. The van der Waals surface area contributed by atoms with E-state index in [1.165, 1.54) is 6.42 Å². The summed E-state index contributed by atoms with van der Waals surface area (Å²) < 4.78 is 0. The van der Waals surface area contributed by atoms with Crippen LogP contribution in [0.4, 0.5) is 0 Å². The molecular formula is C11H21Cl. The van der Waals surface area contributed by atoms with Crippen molar-refractivity contribution in [3.05, 3.63) is 12.7 Å². The highest BCUT2D eigenvalue weighted by atomic mass is 35.5. The standard InChI is InChI=1S/C11H21Cl/c1-5-6-11(8-12)10(4)7-9(2)3/h5,9-11H,1,6-8H2,2-4H3. The van der Waals surface area contributed by atoms with Crippen molar-refractivity contribution in [3.63, 3.8) is 0 Å². The van der Waals surface area contributed by atoms with Gasteiger partial charge in [-0.25, -0.2) is 0 Å². The van der Waals surface area contributed by atoms with Gasteiger partial charge in [0.2, 0.25) is 0 Å². The molecule has 0 radical (unpaired) electrons. The van der Waals surface area contributed by atoms with Crippen molar-refractivity contribution in [1.82, 2.24) is 0 Å². The van der Waals surface area contributed by atoms with Crippen LogP contribution in [0.3, 0.4) is 0 Å². The molecule has 2 atom stereocenters. The van der Waals surface area contributed by atoms with Crippen molar-refractivity contribution in [2.45, 2.75) is 33.6 Å². The van der Waals surface area contributed by atoms with Gasteiger partial charge in [0.1, 0.15) is 0 Å². The summed E-state index contributed by atoms with van der Waals surface area (Å²) in [6.07, 6.45) is 4.30. The van der Waals surface area contributed by atoms with Crippen LogP contribution in [0.5, 0.6) is 0 Å². The van der Waals surface area contributed by atoms with Gasteiger partial charge in [-0.05, 0) is 30.6 Å². The predicted octanol–water partition coefficient (Wildman–Crippen LogP) is 4.10. The third kappa shape index (κ3) is 4.82. The number of hydrogen-bond donors (Lipinski definition) is 0. The highest BCUT2D eigenvalue weighted by molar-refractivity contribution is 6.18. The molecule has 0 heterocycles. The Kier molecular flexibility index (Phi) is 6.55. The van der Waals surface area contributed by atoms with E-state index in [0.29, 0.717) is 5.92 Å². The van der Waals surface area contributed by atoms with Crippen LogP contribution in [-0.2, 0) is 0 Å². The fraction of sp³-hybridized carbons (Fsp3) is 0.818. The Bertz CT molecular complexity index is 118. The van der Waals surface area contributed by atoms with E-state index in [1.807, 2.05) is 6.08 Å². The molecule has 0 aromatic carbocycles. The Labute approximate surface area is 82.0 Å². The molecule has 2 unspecified atom stereocenters. The van der Waals surface area contributed by atoms with Crippen molar-refractivity contribution < 1.29 is 0 Å². The summed E-state index contributed by atoms with van der Waals surface area (Å²) in [5.41, 5.74) is 0. The Morgan fingerprint density at radius 2 is 1.92 bits per heavy atom. The lowest BCUT2D eigenvalue weighted by molar-refractivity contribution is 0.329. The summed E-state index contributed by atoms with van der Waals surface area (Å²) in [6, 6.07) is 0. The number of hydrogen-bond acceptors (Lipinski definition) is 0. The van der Waals surface area contributed by atoms with Crippen molar-refractivity contribution in [3.8, 4) is 0 Å². The Balaban J connectivity index is 3.83. The Morgan fingerprint density at radius 3 is 2.25 bits per heavy atom. The molecule has 0 amide bonds. The monoisotopic (exact) mass is 188 g/mol. The molecule has 0 rings (SSSR count). The fourth-order valence-electron chi connectivity index (χ4n) is 1.60. The minimum Gasteiger partial charge on any atom is -0.126 e. The van der Waals surface area contributed by atoms with Gasteiger partial charge in [0, 0.05) is 5.88 Å². The maximum atomic E-state index is 5.88. The fourth-order valence-corrected chi connectivity index (χ4v) is 2.03. The van der Waals surface area contributed by atoms with E-state index >= 15 is 0 Å². The van der Waals surface area contributed by atoms with Gasteiger partial charge in [-0.1, -0.05) is 26.8 Å². The first-order valence-corrected chi connectivity index (χ1v) is 5.32. The van der Waals surface area contributed by atoms with Gasteiger partial charge in [0.15, 0.2) is 0 Å². The Hall–Kier alpha value is 0.0300. The molecule has 0 aliphatic heterocycles. The van der Waals surface area contributed by atoms with Crippen LogP contribution in [0.15, 0.2) is 12.7 Å². The maximum Gasteiger partial charge on any atom is 0.0257 e. The van der Waals surface area contributed by atoms with E-state index in [9.17, 15) is 0 Å². The summed E-state index contributed by atoms with van der Waals surface area (Å²) in [7, 11) is 0. The lowest BCUT2D eigenvalue weighted by Crippen LogP contribution is -2.14. The van der Waals surface area contributed by atoms with Gasteiger partial charge in [0.05, 0.1) is 0 Å². The molecule has 0 N–H and O–H groups in total.